The summed E-state index contributed by atoms with van der Waals surface area (Å²) in [6.07, 6.45) is -10.4. The van der Waals surface area contributed by atoms with Gasteiger partial charge >= 0.3 is 23.7 Å². The topological polar surface area (TPSA) is 107 Å². The van der Waals surface area contributed by atoms with Crippen molar-refractivity contribution >= 4 is 29.2 Å². The smallest absolute Gasteiger partial charge is 0.278 e. The van der Waals surface area contributed by atoms with Crippen LogP contribution in [-0.2, 0) is 17.1 Å². The number of amides is 1. The van der Waals surface area contributed by atoms with Crippen LogP contribution in [0, 0.1) is 20.2 Å². The first-order valence-corrected chi connectivity index (χ1v) is 7.23. The predicted molar refractivity (Wildman–Crippen MR) is 84.4 cm³/mol. The molecule has 0 spiro atoms. The standard InChI is InChI=1S/C15H7F6N3O5/c16-14(17,18)8-2-1-3-10(4-8)22(7-25)13-11(23(26)27)5-9(15(19,20)21)6-12(13)24(28)29/h1-7H. The van der Waals surface area contributed by atoms with Gasteiger partial charge in [0, 0.05) is 17.8 Å². The summed E-state index contributed by atoms with van der Waals surface area (Å²) in [5.74, 6) is 0. The predicted octanol–water partition coefficient (Wildman–Crippen LogP) is 4.84. The zero-order valence-electron chi connectivity index (χ0n) is 13.7. The van der Waals surface area contributed by atoms with Crippen LogP contribution >= 0.6 is 0 Å². The van der Waals surface area contributed by atoms with E-state index in [1.54, 1.807) is 0 Å². The number of benzene rings is 2. The van der Waals surface area contributed by atoms with E-state index in [0.717, 1.165) is 12.1 Å². The van der Waals surface area contributed by atoms with Crippen molar-refractivity contribution in [1.82, 2.24) is 0 Å². The molecule has 0 saturated carbocycles. The van der Waals surface area contributed by atoms with Crippen molar-refractivity contribution in [3.63, 3.8) is 0 Å². The molecule has 29 heavy (non-hydrogen) atoms. The van der Waals surface area contributed by atoms with E-state index in [0.29, 0.717) is 12.1 Å². The lowest BCUT2D eigenvalue weighted by atomic mass is 10.1. The van der Waals surface area contributed by atoms with Crippen LogP contribution in [0.15, 0.2) is 36.4 Å². The molecule has 0 aliphatic heterocycles. The molecule has 0 bridgehead atoms. The van der Waals surface area contributed by atoms with Crippen molar-refractivity contribution in [2.75, 3.05) is 4.90 Å². The fourth-order valence-corrected chi connectivity index (χ4v) is 2.37. The van der Waals surface area contributed by atoms with E-state index >= 15 is 0 Å². The fourth-order valence-electron chi connectivity index (χ4n) is 2.37. The summed E-state index contributed by atoms with van der Waals surface area (Å²) < 4.78 is 77.5. The van der Waals surface area contributed by atoms with Crippen molar-refractivity contribution in [1.29, 1.82) is 0 Å². The monoisotopic (exact) mass is 423 g/mol. The first-order chi connectivity index (χ1) is 13.3. The molecule has 0 heterocycles. The molecule has 0 fully saturated rings. The van der Waals surface area contributed by atoms with Crippen LogP contribution in [0.5, 0.6) is 0 Å². The van der Waals surface area contributed by atoms with Crippen molar-refractivity contribution in [2.24, 2.45) is 0 Å². The molecular formula is C15H7F6N3O5. The number of nitro groups is 2. The first kappa shape index (κ1) is 21.6. The summed E-state index contributed by atoms with van der Waals surface area (Å²) in [5, 5.41) is 22.5. The molecule has 0 aliphatic rings. The van der Waals surface area contributed by atoms with Crippen LogP contribution in [0.25, 0.3) is 0 Å². The van der Waals surface area contributed by atoms with Crippen LogP contribution < -0.4 is 4.90 Å². The van der Waals surface area contributed by atoms with Crippen molar-refractivity contribution in [3.8, 4) is 0 Å². The molecule has 2 aromatic carbocycles. The molecule has 2 aromatic rings. The van der Waals surface area contributed by atoms with Crippen LogP contribution in [0.2, 0.25) is 0 Å². The number of alkyl halides is 6. The molecule has 0 saturated heterocycles. The van der Waals surface area contributed by atoms with Crippen LogP contribution in [0.3, 0.4) is 0 Å². The van der Waals surface area contributed by atoms with Crippen molar-refractivity contribution in [3.05, 3.63) is 67.8 Å². The Labute approximate surface area is 156 Å². The van der Waals surface area contributed by atoms with Gasteiger partial charge < -0.3 is 0 Å². The summed E-state index contributed by atoms with van der Waals surface area (Å²) >= 11 is 0. The van der Waals surface area contributed by atoms with E-state index in [-0.39, 0.29) is 23.4 Å². The maximum Gasteiger partial charge on any atom is 0.416 e. The van der Waals surface area contributed by atoms with Gasteiger partial charge in [0.05, 0.1) is 21.0 Å². The maximum atomic E-state index is 12.9. The summed E-state index contributed by atoms with van der Waals surface area (Å²) in [6, 6.07) is 2.55. The number of halogens is 6. The number of carbonyl (C=O) groups excluding carboxylic acids is 1. The zero-order chi connectivity index (χ0) is 22.1. The van der Waals surface area contributed by atoms with Gasteiger partial charge in [-0.3, -0.25) is 29.9 Å². The lowest BCUT2D eigenvalue weighted by molar-refractivity contribution is -0.392. The van der Waals surface area contributed by atoms with Gasteiger partial charge in [-0.15, -0.1) is 0 Å². The molecule has 0 atom stereocenters. The van der Waals surface area contributed by atoms with E-state index in [9.17, 15) is 51.4 Å². The van der Waals surface area contributed by atoms with Gasteiger partial charge in [0.1, 0.15) is 0 Å². The SMILES string of the molecule is O=CN(c1cccc(C(F)(F)F)c1)c1c([N+](=O)[O-])cc(C(F)(F)F)cc1[N+](=O)[O-]. The molecule has 0 aliphatic carbocycles. The normalized spacial score (nSPS) is 11.8. The average molecular weight is 423 g/mol. The largest absolute Gasteiger partial charge is 0.416 e. The minimum absolute atomic E-state index is 0.0492. The Morgan fingerprint density at radius 1 is 0.828 bits per heavy atom. The summed E-state index contributed by atoms with van der Waals surface area (Å²) in [5.41, 5.74) is -7.91. The highest BCUT2D eigenvalue weighted by Crippen LogP contribution is 2.45. The minimum Gasteiger partial charge on any atom is -0.278 e. The highest BCUT2D eigenvalue weighted by atomic mass is 19.4. The Morgan fingerprint density at radius 2 is 1.31 bits per heavy atom. The van der Waals surface area contributed by atoms with Gasteiger partial charge in [-0.1, -0.05) is 6.07 Å². The third-order valence-corrected chi connectivity index (χ3v) is 3.59. The molecule has 14 heteroatoms. The zero-order valence-corrected chi connectivity index (χ0v) is 13.7. The Balaban J connectivity index is 2.85. The molecular weight excluding hydrogens is 416 g/mol. The maximum absolute atomic E-state index is 12.9. The van der Waals surface area contributed by atoms with Gasteiger partial charge in [0.2, 0.25) is 12.1 Å². The Morgan fingerprint density at radius 3 is 1.69 bits per heavy atom. The van der Waals surface area contributed by atoms with E-state index in [1.807, 2.05) is 0 Å². The molecule has 154 valence electrons. The Kier molecular flexibility index (Phi) is 5.48. The van der Waals surface area contributed by atoms with Crippen molar-refractivity contribution < 1.29 is 41.0 Å². The Bertz CT molecular complexity index is 954. The summed E-state index contributed by atoms with van der Waals surface area (Å²) in [4.78, 5) is 31.2. The average Bonchev–Trinajstić information content (AvgIpc) is 2.60. The second kappa shape index (κ2) is 7.37. The van der Waals surface area contributed by atoms with Crippen molar-refractivity contribution in [2.45, 2.75) is 12.4 Å². The summed E-state index contributed by atoms with van der Waals surface area (Å²) in [6.45, 7) is 0. The van der Waals surface area contributed by atoms with Gasteiger partial charge in [-0.2, -0.15) is 26.3 Å². The second-order valence-electron chi connectivity index (χ2n) is 5.40. The number of anilines is 2. The number of nitrogens with zero attached hydrogens (tertiary/aromatic N) is 3. The van der Waals surface area contributed by atoms with Gasteiger partial charge in [-0.05, 0) is 18.2 Å². The number of carbonyl (C=O) groups is 1. The number of nitro benzene ring substituents is 2. The molecule has 0 aromatic heterocycles. The molecule has 2 rings (SSSR count). The highest BCUT2D eigenvalue weighted by Gasteiger charge is 2.40. The van der Waals surface area contributed by atoms with E-state index < -0.39 is 56.1 Å². The molecule has 8 nitrogen and oxygen atoms in total. The summed E-state index contributed by atoms with van der Waals surface area (Å²) in [7, 11) is 0. The van der Waals surface area contributed by atoms with Crippen LogP contribution in [0.1, 0.15) is 11.1 Å². The number of rotatable bonds is 5. The number of hydrogen-bond acceptors (Lipinski definition) is 5. The van der Waals surface area contributed by atoms with Crippen LogP contribution in [-0.4, -0.2) is 16.3 Å². The van der Waals surface area contributed by atoms with E-state index in [1.165, 1.54) is 0 Å². The highest BCUT2D eigenvalue weighted by molar-refractivity contribution is 5.95. The molecule has 1 amide bonds. The third-order valence-electron chi connectivity index (χ3n) is 3.59. The first-order valence-electron chi connectivity index (χ1n) is 7.23. The van der Waals surface area contributed by atoms with Gasteiger partial charge in [0.15, 0.2) is 0 Å². The molecule has 0 unspecified atom stereocenters. The Hall–Kier alpha value is -3.71. The molecule has 0 N–H and O–H groups in total. The lowest BCUT2D eigenvalue weighted by Crippen LogP contribution is -2.19. The van der Waals surface area contributed by atoms with E-state index in [4.69, 9.17) is 0 Å². The van der Waals surface area contributed by atoms with Crippen LogP contribution in [0.4, 0.5) is 49.1 Å². The fraction of sp³-hybridized carbons (Fsp3) is 0.133. The number of hydrogen-bond donors (Lipinski definition) is 0. The minimum atomic E-state index is -5.20. The third kappa shape index (κ3) is 4.41. The van der Waals surface area contributed by atoms with E-state index in [2.05, 4.69) is 0 Å². The van der Waals surface area contributed by atoms with Gasteiger partial charge in [-0.25, -0.2) is 0 Å². The van der Waals surface area contributed by atoms with Gasteiger partial charge in [0.25, 0.3) is 0 Å². The second-order valence-corrected chi connectivity index (χ2v) is 5.40. The molecule has 0 radical (unpaired) electrons. The quantitative estimate of drug-likeness (QED) is 0.296. The lowest BCUT2D eigenvalue weighted by Gasteiger charge is -2.19.